The summed E-state index contributed by atoms with van der Waals surface area (Å²) in [7, 11) is 0. The number of halogens is 1. The molecule has 0 aliphatic rings. The van der Waals surface area contributed by atoms with Crippen molar-refractivity contribution in [3.8, 4) is 5.75 Å². The molecular formula is C14H16ClN3O3S. The highest BCUT2D eigenvalue weighted by Crippen LogP contribution is 2.21. The Bertz CT molecular complexity index is 618. The van der Waals surface area contributed by atoms with Crippen LogP contribution in [0.15, 0.2) is 29.4 Å². The summed E-state index contributed by atoms with van der Waals surface area (Å²) in [6, 6.07) is 7.05. The SMILES string of the molecule is CCOC(=O)[C@@H](C)Sc1n[nH]c(COc2ccc(Cl)cc2)n1. The quantitative estimate of drug-likeness (QED) is 0.616. The van der Waals surface area contributed by atoms with E-state index < -0.39 is 0 Å². The first-order chi connectivity index (χ1) is 10.6. The molecule has 0 saturated heterocycles. The first kappa shape index (κ1) is 16.6. The lowest BCUT2D eigenvalue weighted by atomic mass is 10.3. The molecule has 0 saturated carbocycles. The summed E-state index contributed by atoms with van der Waals surface area (Å²) in [5, 5.41) is 7.59. The van der Waals surface area contributed by atoms with Crippen LogP contribution in [0.3, 0.4) is 0 Å². The maximum Gasteiger partial charge on any atom is 0.319 e. The molecule has 0 aliphatic heterocycles. The molecule has 0 unspecified atom stereocenters. The van der Waals surface area contributed by atoms with Crippen molar-refractivity contribution in [2.24, 2.45) is 0 Å². The summed E-state index contributed by atoms with van der Waals surface area (Å²) in [4.78, 5) is 15.8. The number of esters is 1. The number of carbonyl (C=O) groups is 1. The van der Waals surface area contributed by atoms with Crippen molar-refractivity contribution in [2.75, 3.05) is 6.61 Å². The van der Waals surface area contributed by atoms with Crippen LogP contribution in [0.2, 0.25) is 5.02 Å². The Labute approximate surface area is 137 Å². The third kappa shape index (κ3) is 4.92. The van der Waals surface area contributed by atoms with E-state index >= 15 is 0 Å². The minimum Gasteiger partial charge on any atom is -0.486 e. The standard InChI is InChI=1S/C14H16ClN3O3S/c1-3-20-13(19)9(2)22-14-16-12(17-18-14)8-21-11-6-4-10(15)5-7-11/h4-7,9H,3,8H2,1-2H3,(H,16,17,18)/t9-/m1/s1. The lowest BCUT2D eigenvalue weighted by Gasteiger charge is -2.06. The van der Waals surface area contributed by atoms with Crippen LogP contribution in [0.25, 0.3) is 0 Å². The highest BCUT2D eigenvalue weighted by Gasteiger charge is 2.18. The number of ether oxygens (including phenoxy) is 2. The summed E-state index contributed by atoms with van der Waals surface area (Å²) in [5.74, 6) is 0.986. The van der Waals surface area contributed by atoms with Gasteiger partial charge in [-0.1, -0.05) is 23.4 Å². The molecule has 0 amide bonds. The summed E-state index contributed by atoms with van der Waals surface area (Å²) in [6.07, 6.45) is 0. The minimum atomic E-state index is -0.360. The van der Waals surface area contributed by atoms with Crippen LogP contribution >= 0.6 is 23.4 Å². The lowest BCUT2D eigenvalue weighted by Crippen LogP contribution is -2.16. The number of aromatic nitrogens is 3. The Morgan fingerprint density at radius 2 is 2.14 bits per heavy atom. The van der Waals surface area contributed by atoms with E-state index in [0.717, 1.165) is 0 Å². The predicted molar refractivity (Wildman–Crippen MR) is 84.1 cm³/mol. The van der Waals surface area contributed by atoms with Crippen molar-refractivity contribution in [3.63, 3.8) is 0 Å². The van der Waals surface area contributed by atoms with Gasteiger partial charge < -0.3 is 9.47 Å². The summed E-state index contributed by atoms with van der Waals surface area (Å²) in [5.41, 5.74) is 0. The van der Waals surface area contributed by atoms with Gasteiger partial charge in [0, 0.05) is 5.02 Å². The lowest BCUT2D eigenvalue weighted by molar-refractivity contribution is -0.142. The Balaban J connectivity index is 1.86. The van der Waals surface area contributed by atoms with Gasteiger partial charge in [0.15, 0.2) is 5.82 Å². The molecular weight excluding hydrogens is 326 g/mol. The van der Waals surface area contributed by atoms with Crippen LogP contribution in [0, 0.1) is 0 Å². The molecule has 0 aliphatic carbocycles. The molecule has 2 aromatic rings. The first-order valence-electron chi connectivity index (χ1n) is 6.71. The van der Waals surface area contributed by atoms with Crippen LogP contribution in [0.5, 0.6) is 5.75 Å². The summed E-state index contributed by atoms with van der Waals surface area (Å²) in [6.45, 7) is 4.14. The number of rotatable bonds is 7. The van der Waals surface area contributed by atoms with Crippen LogP contribution in [0.4, 0.5) is 0 Å². The predicted octanol–water partition coefficient (Wildman–Crippen LogP) is 3.08. The number of hydrogen-bond acceptors (Lipinski definition) is 6. The van der Waals surface area contributed by atoms with Gasteiger partial charge in [0.2, 0.25) is 5.16 Å². The van der Waals surface area contributed by atoms with Gasteiger partial charge in [-0.2, -0.15) is 0 Å². The molecule has 0 fully saturated rings. The third-order valence-corrected chi connectivity index (χ3v) is 3.79. The van der Waals surface area contributed by atoms with Crippen LogP contribution < -0.4 is 4.74 Å². The molecule has 0 radical (unpaired) electrons. The Kier molecular flexibility index (Phi) is 6.09. The zero-order chi connectivity index (χ0) is 15.9. The number of thioether (sulfide) groups is 1. The smallest absolute Gasteiger partial charge is 0.319 e. The van der Waals surface area contributed by atoms with E-state index in [4.69, 9.17) is 21.1 Å². The van der Waals surface area contributed by atoms with E-state index in [-0.39, 0.29) is 17.8 Å². The maximum absolute atomic E-state index is 11.5. The van der Waals surface area contributed by atoms with Gasteiger partial charge in [-0.3, -0.25) is 9.89 Å². The van der Waals surface area contributed by atoms with Crippen molar-refractivity contribution in [1.82, 2.24) is 15.2 Å². The highest BCUT2D eigenvalue weighted by atomic mass is 35.5. The zero-order valence-electron chi connectivity index (χ0n) is 12.2. The van der Waals surface area contributed by atoms with E-state index in [1.165, 1.54) is 11.8 Å². The number of H-pyrrole nitrogens is 1. The Hall–Kier alpha value is -1.73. The van der Waals surface area contributed by atoms with Crippen molar-refractivity contribution in [1.29, 1.82) is 0 Å². The van der Waals surface area contributed by atoms with Gasteiger partial charge in [0.25, 0.3) is 0 Å². The van der Waals surface area contributed by atoms with Crippen molar-refractivity contribution in [2.45, 2.75) is 30.9 Å². The average molecular weight is 342 g/mol. The minimum absolute atomic E-state index is 0.253. The fraction of sp³-hybridized carbons (Fsp3) is 0.357. The van der Waals surface area contributed by atoms with Gasteiger partial charge in [0.1, 0.15) is 17.6 Å². The third-order valence-electron chi connectivity index (χ3n) is 2.60. The molecule has 22 heavy (non-hydrogen) atoms. The number of aromatic amines is 1. The zero-order valence-corrected chi connectivity index (χ0v) is 13.8. The molecule has 2 rings (SSSR count). The second kappa shape index (κ2) is 8.05. The molecule has 1 atom stereocenters. The van der Waals surface area contributed by atoms with Gasteiger partial charge in [-0.05, 0) is 38.1 Å². The van der Waals surface area contributed by atoms with E-state index in [2.05, 4.69) is 15.2 Å². The second-order valence-electron chi connectivity index (χ2n) is 4.32. The van der Waals surface area contributed by atoms with E-state index in [9.17, 15) is 4.79 Å². The largest absolute Gasteiger partial charge is 0.486 e. The summed E-state index contributed by atoms with van der Waals surface area (Å²) >= 11 is 7.04. The van der Waals surface area contributed by atoms with Gasteiger partial charge in [-0.15, -0.1) is 5.10 Å². The first-order valence-corrected chi connectivity index (χ1v) is 7.97. The number of benzene rings is 1. The fourth-order valence-electron chi connectivity index (χ4n) is 1.54. The fourth-order valence-corrected chi connectivity index (χ4v) is 2.41. The topological polar surface area (TPSA) is 77.1 Å². The number of nitrogens with zero attached hydrogens (tertiary/aromatic N) is 2. The normalized spacial score (nSPS) is 12.0. The van der Waals surface area contributed by atoms with Crippen LogP contribution in [0.1, 0.15) is 19.7 Å². The maximum atomic E-state index is 11.5. The van der Waals surface area contributed by atoms with E-state index in [0.29, 0.717) is 28.4 Å². The second-order valence-corrected chi connectivity index (χ2v) is 6.06. The highest BCUT2D eigenvalue weighted by molar-refractivity contribution is 8.00. The molecule has 8 heteroatoms. The molecule has 0 bridgehead atoms. The molecule has 0 spiro atoms. The molecule has 6 nitrogen and oxygen atoms in total. The molecule has 118 valence electrons. The number of nitrogens with one attached hydrogen (secondary N) is 1. The van der Waals surface area contributed by atoms with Gasteiger partial charge in [0.05, 0.1) is 6.61 Å². The molecule has 1 N–H and O–H groups in total. The molecule has 1 aromatic heterocycles. The average Bonchev–Trinajstić information content (AvgIpc) is 2.94. The van der Waals surface area contributed by atoms with E-state index in [1.54, 1.807) is 38.1 Å². The van der Waals surface area contributed by atoms with Gasteiger partial charge in [-0.25, -0.2) is 4.98 Å². The Morgan fingerprint density at radius 1 is 1.41 bits per heavy atom. The molecule has 1 heterocycles. The van der Waals surface area contributed by atoms with Crippen LogP contribution in [-0.4, -0.2) is 33.0 Å². The molecule has 1 aromatic carbocycles. The number of carbonyl (C=O) groups excluding carboxylic acids is 1. The monoisotopic (exact) mass is 341 g/mol. The van der Waals surface area contributed by atoms with Crippen molar-refractivity contribution in [3.05, 3.63) is 35.1 Å². The van der Waals surface area contributed by atoms with Crippen LogP contribution in [-0.2, 0) is 16.1 Å². The van der Waals surface area contributed by atoms with Crippen molar-refractivity contribution < 1.29 is 14.3 Å². The summed E-state index contributed by atoms with van der Waals surface area (Å²) < 4.78 is 10.5. The number of hydrogen-bond donors (Lipinski definition) is 1. The van der Waals surface area contributed by atoms with E-state index in [1.807, 2.05) is 0 Å². The Morgan fingerprint density at radius 3 is 2.82 bits per heavy atom. The van der Waals surface area contributed by atoms with Crippen molar-refractivity contribution >= 4 is 29.3 Å². The van der Waals surface area contributed by atoms with Gasteiger partial charge >= 0.3 is 5.97 Å².